The van der Waals surface area contributed by atoms with Gasteiger partial charge in [0.1, 0.15) is 5.82 Å². The van der Waals surface area contributed by atoms with Crippen molar-refractivity contribution in [3.63, 3.8) is 0 Å². The van der Waals surface area contributed by atoms with E-state index < -0.39 is 69.5 Å². The van der Waals surface area contributed by atoms with Crippen LogP contribution in [0.3, 0.4) is 0 Å². The van der Waals surface area contributed by atoms with Gasteiger partial charge in [0.15, 0.2) is 19.0 Å². The van der Waals surface area contributed by atoms with Gasteiger partial charge in [0, 0.05) is 18.8 Å². The Bertz CT molecular complexity index is 1130. The molecule has 2 aromatic rings. The third kappa shape index (κ3) is 7.28. The summed E-state index contributed by atoms with van der Waals surface area (Å²) in [5.74, 6) is -4.51. The number of nitrogens with two attached hydrogens (primary N) is 1. The molecular formula is C18H17F7N4O5S. The van der Waals surface area contributed by atoms with Crippen LogP contribution in [0.15, 0.2) is 23.1 Å². The summed E-state index contributed by atoms with van der Waals surface area (Å²) in [6.07, 6.45) is -9.97. The van der Waals surface area contributed by atoms with E-state index in [0.29, 0.717) is 32.0 Å². The molecule has 1 fully saturated rings. The van der Waals surface area contributed by atoms with Crippen LogP contribution in [0.25, 0.3) is 11.4 Å². The van der Waals surface area contributed by atoms with Crippen molar-refractivity contribution in [3.8, 4) is 23.1 Å². The van der Waals surface area contributed by atoms with E-state index in [0.717, 1.165) is 12.1 Å². The van der Waals surface area contributed by atoms with Crippen LogP contribution in [0.4, 0.5) is 36.4 Å². The normalized spacial score (nSPS) is 15.3. The highest BCUT2D eigenvalue weighted by atomic mass is 32.2. The van der Waals surface area contributed by atoms with Crippen LogP contribution in [-0.2, 0) is 14.8 Å². The van der Waals surface area contributed by atoms with Crippen molar-refractivity contribution in [2.75, 3.05) is 44.4 Å². The van der Waals surface area contributed by atoms with Crippen LogP contribution >= 0.6 is 0 Å². The molecule has 35 heavy (non-hydrogen) atoms. The Morgan fingerprint density at radius 1 is 0.971 bits per heavy atom. The Morgan fingerprint density at radius 3 is 1.91 bits per heavy atom. The van der Waals surface area contributed by atoms with Crippen LogP contribution in [0.2, 0.25) is 0 Å². The highest BCUT2D eigenvalue weighted by molar-refractivity contribution is 7.89. The van der Waals surface area contributed by atoms with Crippen molar-refractivity contribution in [1.82, 2.24) is 9.97 Å². The standard InChI is InChI=1S/C18H17F7N4O5S/c19-12-7-10(29-3-5-32-6-4-29)1-2-11(12)14-27-15(33-8-17(20,21)22)13(35(26,30)31)16(28-14)34-9-18(23,24)25/h1-2,7H,3-6,8-9H2,(H2,26,30,31). The maximum absolute atomic E-state index is 14.9. The second-order valence-electron chi connectivity index (χ2n) is 7.10. The molecule has 3 rings (SSSR count). The summed E-state index contributed by atoms with van der Waals surface area (Å²) in [6.45, 7) is -2.48. The molecule has 0 saturated carbocycles. The molecule has 0 atom stereocenters. The lowest BCUT2D eigenvalue weighted by atomic mass is 10.1. The summed E-state index contributed by atoms with van der Waals surface area (Å²) in [5, 5.41) is 4.94. The number of aromatic nitrogens is 2. The zero-order valence-electron chi connectivity index (χ0n) is 17.5. The Hall–Kier alpha value is -2.92. The lowest BCUT2D eigenvalue weighted by molar-refractivity contribution is -0.155. The molecule has 2 heterocycles. The summed E-state index contributed by atoms with van der Waals surface area (Å²) in [6, 6.07) is 3.57. The van der Waals surface area contributed by atoms with Gasteiger partial charge in [-0.25, -0.2) is 17.9 Å². The monoisotopic (exact) mass is 534 g/mol. The van der Waals surface area contributed by atoms with Gasteiger partial charge in [-0.1, -0.05) is 0 Å². The molecule has 1 aliphatic rings. The first-order valence-electron chi connectivity index (χ1n) is 9.60. The lowest BCUT2D eigenvalue weighted by Gasteiger charge is -2.29. The Morgan fingerprint density at radius 2 is 1.49 bits per heavy atom. The minimum atomic E-state index is -5.05. The maximum Gasteiger partial charge on any atom is 0.422 e. The topological polar surface area (TPSA) is 117 Å². The highest BCUT2D eigenvalue weighted by Gasteiger charge is 2.35. The van der Waals surface area contributed by atoms with E-state index in [-0.39, 0.29) is 0 Å². The molecule has 1 aromatic carbocycles. The van der Waals surface area contributed by atoms with Gasteiger partial charge in [0.05, 0.1) is 18.8 Å². The molecule has 2 N–H and O–H groups in total. The van der Waals surface area contributed by atoms with Crippen LogP contribution in [-0.4, -0.2) is 70.3 Å². The Balaban J connectivity index is 2.11. The smallest absolute Gasteiger partial charge is 0.422 e. The summed E-state index contributed by atoms with van der Waals surface area (Å²) in [7, 11) is -5.05. The lowest BCUT2D eigenvalue weighted by Crippen LogP contribution is -2.36. The fraction of sp³-hybridized carbons (Fsp3) is 0.444. The number of nitrogens with zero attached hydrogens (tertiary/aromatic N) is 3. The van der Waals surface area contributed by atoms with Gasteiger partial charge in [-0.3, -0.25) is 0 Å². The Labute approximate surface area is 193 Å². The summed E-state index contributed by atoms with van der Waals surface area (Å²) >= 11 is 0. The van der Waals surface area contributed by atoms with Gasteiger partial charge >= 0.3 is 12.4 Å². The number of sulfonamides is 1. The molecule has 0 bridgehead atoms. The minimum absolute atomic E-state index is 0.390. The van der Waals surface area contributed by atoms with E-state index >= 15 is 0 Å². The average molecular weight is 534 g/mol. The van der Waals surface area contributed by atoms with E-state index in [1.165, 1.54) is 6.07 Å². The third-order valence-electron chi connectivity index (χ3n) is 4.40. The summed E-state index contributed by atoms with van der Waals surface area (Å²) in [4.78, 5) is 7.30. The summed E-state index contributed by atoms with van der Waals surface area (Å²) < 4.78 is 129. The number of morpholine rings is 1. The number of benzene rings is 1. The highest BCUT2D eigenvalue weighted by Crippen LogP contribution is 2.35. The fourth-order valence-electron chi connectivity index (χ4n) is 2.97. The van der Waals surface area contributed by atoms with Gasteiger partial charge in [-0.2, -0.15) is 36.3 Å². The van der Waals surface area contributed by atoms with Gasteiger partial charge in [-0.15, -0.1) is 0 Å². The number of halogens is 7. The maximum atomic E-state index is 14.9. The largest absolute Gasteiger partial charge is 0.467 e. The predicted molar refractivity (Wildman–Crippen MR) is 105 cm³/mol. The van der Waals surface area contributed by atoms with Gasteiger partial charge < -0.3 is 19.1 Å². The minimum Gasteiger partial charge on any atom is -0.467 e. The molecule has 1 aliphatic heterocycles. The van der Waals surface area contributed by atoms with Gasteiger partial charge in [-0.05, 0) is 18.2 Å². The van der Waals surface area contributed by atoms with Crippen LogP contribution < -0.4 is 19.5 Å². The van der Waals surface area contributed by atoms with Crippen LogP contribution in [0, 0.1) is 5.82 Å². The molecule has 0 aliphatic carbocycles. The van der Waals surface area contributed by atoms with E-state index in [4.69, 9.17) is 9.88 Å². The second-order valence-corrected chi connectivity index (χ2v) is 8.60. The molecule has 17 heteroatoms. The van der Waals surface area contributed by atoms with Crippen molar-refractivity contribution >= 4 is 15.7 Å². The van der Waals surface area contributed by atoms with Crippen molar-refractivity contribution in [1.29, 1.82) is 0 Å². The average Bonchev–Trinajstić information content (AvgIpc) is 2.74. The SMILES string of the molecule is NS(=O)(=O)c1c(OCC(F)(F)F)nc(-c2ccc(N3CCOCC3)cc2F)nc1OCC(F)(F)F. The molecular weight excluding hydrogens is 517 g/mol. The quantitative estimate of drug-likeness (QED) is 0.539. The molecule has 0 radical (unpaired) electrons. The molecule has 0 spiro atoms. The Kier molecular flexibility index (Phi) is 7.61. The van der Waals surface area contributed by atoms with E-state index in [2.05, 4.69) is 19.4 Å². The van der Waals surface area contributed by atoms with E-state index in [1.807, 2.05) is 0 Å². The first-order chi connectivity index (χ1) is 16.1. The number of rotatable bonds is 7. The number of ether oxygens (including phenoxy) is 3. The van der Waals surface area contributed by atoms with Gasteiger partial charge in [0.2, 0.25) is 26.7 Å². The summed E-state index contributed by atoms with van der Waals surface area (Å²) in [5.41, 5.74) is -0.0607. The van der Waals surface area contributed by atoms with Crippen molar-refractivity contribution in [2.24, 2.45) is 5.14 Å². The zero-order chi connectivity index (χ0) is 26.0. The number of anilines is 1. The van der Waals surface area contributed by atoms with Crippen LogP contribution in [0.5, 0.6) is 11.8 Å². The number of hydrogen-bond acceptors (Lipinski definition) is 8. The van der Waals surface area contributed by atoms with Crippen molar-refractivity contribution < 1.29 is 53.4 Å². The molecule has 0 unspecified atom stereocenters. The number of primary sulfonamides is 1. The molecule has 1 aromatic heterocycles. The van der Waals surface area contributed by atoms with Crippen molar-refractivity contribution in [2.45, 2.75) is 17.2 Å². The zero-order valence-corrected chi connectivity index (χ0v) is 18.3. The molecule has 194 valence electrons. The predicted octanol–water partition coefficient (Wildman–Crippen LogP) is 2.65. The van der Waals surface area contributed by atoms with Crippen LogP contribution in [0.1, 0.15) is 0 Å². The number of hydrogen-bond donors (Lipinski definition) is 1. The van der Waals surface area contributed by atoms with Gasteiger partial charge in [0.25, 0.3) is 0 Å². The van der Waals surface area contributed by atoms with E-state index in [1.54, 1.807) is 4.90 Å². The van der Waals surface area contributed by atoms with Crippen molar-refractivity contribution in [3.05, 3.63) is 24.0 Å². The first-order valence-corrected chi connectivity index (χ1v) is 11.2. The second kappa shape index (κ2) is 9.98. The third-order valence-corrected chi connectivity index (χ3v) is 5.32. The first kappa shape index (κ1) is 26.7. The molecule has 0 amide bonds. The molecule has 9 nitrogen and oxygen atoms in total. The fourth-order valence-corrected chi connectivity index (χ4v) is 3.67. The molecule has 1 saturated heterocycles. The number of alkyl halides is 6. The van der Waals surface area contributed by atoms with E-state index in [9.17, 15) is 39.2 Å².